The Bertz CT molecular complexity index is 535. The molecule has 108 valence electrons. The van der Waals surface area contributed by atoms with Gasteiger partial charge in [-0.3, -0.25) is 9.59 Å². The average Bonchev–Trinajstić information content (AvgIpc) is 2.43. The van der Waals surface area contributed by atoms with Gasteiger partial charge < -0.3 is 10.4 Å². The first-order valence-corrected chi connectivity index (χ1v) is 6.84. The zero-order valence-corrected chi connectivity index (χ0v) is 11.5. The molecule has 0 saturated heterocycles. The number of anilines is 1. The van der Waals surface area contributed by atoms with Crippen molar-refractivity contribution in [3.8, 4) is 0 Å². The highest BCUT2D eigenvalue weighted by Crippen LogP contribution is 2.30. The van der Waals surface area contributed by atoms with Crippen LogP contribution in [0.3, 0.4) is 0 Å². The molecule has 0 radical (unpaired) electrons. The first-order valence-electron chi connectivity index (χ1n) is 6.46. The molecule has 2 N–H and O–H groups in total. The summed E-state index contributed by atoms with van der Waals surface area (Å²) in [6.45, 7) is 0. The number of nitrogens with one attached hydrogen (secondary N) is 1. The van der Waals surface area contributed by atoms with Gasteiger partial charge in [0.2, 0.25) is 5.91 Å². The Morgan fingerprint density at radius 1 is 1.30 bits per heavy atom. The summed E-state index contributed by atoms with van der Waals surface area (Å²) in [4.78, 5) is 23.1. The van der Waals surface area contributed by atoms with Gasteiger partial charge in [-0.25, -0.2) is 4.39 Å². The quantitative estimate of drug-likeness (QED) is 0.900. The van der Waals surface area contributed by atoms with Crippen molar-refractivity contribution in [3.05, 3.63) is 29.0 Å². The Labute approximate surface area is 120 Å². The lowest BCUT2D eigenvalue weighted by molar-refractivity contribution is -0.143. The lowest BCUT2D eigenvalue weighted by Crippen LogP contribution is -2.30. The van der Waals surface area contributed by atoms with Gasteiger partial charge in [-0.05, 0) is 37.5 Å². The molecule has 1 fully saturated rings. The van der Waals surface area contributed by atoms with Crippen LogP contribution in [0.2, 0.25) is 5.02 Å². The molecule has 1 aliphatic carbocycles. The SMILES string of the molecule is O=C(O)C1CCCC(C(=O)Nc2ccc(F)c(Cl)c2)C1. The fourth-order valence-electron chi connectivity index (χ4n) is 2.47. The van der Waals surface area contributed by atoms with Crippen LogP contribution >= 0.6 is 11.6 Å². The molecule has 1 saturated carbocycles. The van der Waals surface area contributed by atoms with E-state index in [2.05, 4.69) is 5.32 Å². The minimum Gasteiger partial charge on any atom is -0.481 e. The number of amides is 1. The molecule has 0 aromatic heterocycles. The van der Waals surface area contributed by atoms with Crippen LogP contribution in [-0.4, -0.2) is 17.0 Å². The molecule has 0 aliphatic heterocycles. The molecule has 0 bridgehead atoms. The topological polar surface area (TPSA) is 66.4 Å². The average molecular weight is 300 g/mol. The summed E-state index contributed by atoms with van der Waals surface area (Å²) in [6.07, 6.45) is 2.35. The fourth-order valence-corrected chi connectivity index (χ4v) is 2.65. The zero-order chi connectivity index (χ0) is 14.7. The zero-order valence-electron chi connectivity index (χ0n) is 10.7. The monoisotopic (exact) mass is 299 g/mol. The number of carbonyl (C=O) groups excluding carboxylic acids is 1. The largest absolute Gasteiger partial charge is 0.481 e. The smallest absolute Gasteiger partial charge is 0.306 e. The van der Waals surface area contributed by atoms with Gasteiger partial charge in [0.1, 0.15) is 5.82 Å². The maximum absolute atomic E-state index is 13.0. The van der Waals surface area contributed by atoms with Crippen LogP contribution in [-0.2, 0) is 9.59 Å². The van der Waals surface area contributed by atoms with E-state index in [-0.39, 0.29) is 16.8 Å². The van der Waals surface area contributed by atoms with Crippen molar-refractivity contribution >= 4 is 29.2 Å². The number of rotatable bonds is 3. The number of hydrogen-bond acceptors (Lipinski definition) is 2. The molecule has 4 nitrogen and oxygen atoms in total. The third-order valence-corrected chi connectivity index (χ3v) is 3.87. The van der Waals surface area contributed by atoms with Gasteiger partial charge in [0.25, 0.3) is 0 Å². The highest BCUT2D eigenvalue weighted by molar-refractivity contribution is 6.31. The lowest BCUT2D eigenvalue weighted by Gasteiger charge is -2.25. The van der Waals surface area contributed by atoms with Crippen LogP contribution in [0.25, 0.3) is 0 Å². The molecular formula is C14H15ClFNO3. The van der Waals surface area contributed by atoms with Crippen molar-refractivity contribution in [3.63, 3.8) is 0 Å². The predicted octanol–water partition coefficient (Wildman–Crippen LogP) is 3.31. The maximum Gasteiger partial charge on any atom is 0.306 e. The van der Waals surface area contributed by atoms with Gasteiger partial charge in [-0.2, -0.15) is 0 Å². The first kappa shape index (κ1) is 14.8. The molecule has 1 aromatic rings. The molecule has 1 aliphatic rings. The molecule has 1 aromatic carbocycles. The molecule has 2 unspecified atom stereocenters. The van der Waals surface area contributed by atoms with Crippen molar-refractivity contribution in [1.29, 1.82) is 0 Å². The molecule has 1 amide bonds. The van der Waals surface area contributed by atoms with E-state index in [4.69, 9.17) is 16.7 Å². The second-order valence-electron chi connectivity index (χ2n) is 5.02. The fraction of sp³-hybridized carbons (Fsp3) is 0.429. The second-order valence-corrected chi connectivity index (χ2v) is 5.42. The van der Waals surface area contributed by atoms with E-state index < -0.39 is 17.7 Å². The molecular weight excluding hydrogens is 285 g/mol. The van der Waals surface area contributed by atoms with E-state index in [0.717, 1.165) is 6.42 Å². The Morgan fingerprint density at radius 2 is 2.00 bits per heavy atom. The van der Waals surface area contributed by atoms with Gasteiger partial charge in [0, 0.05) is 11.6 Å². The number of aliphatic carboxylic acids is 1. The van der Waals surface area contributed by atoms with Gasteiger partial charge in [-0.15, -0.1) is 0 Å². The Morgan fingerprint density at radius 3 is 2.65 bits per heavy atom. The highest BCUT2D eigenvalue weighted by Gasteiger charge is 2.31. The Balaban J connectivity index is 2.00. The van der Waals surface area contributed by atoms with Crippen molar-refractivity contribution in [1.82, 2.24) is 0 Å². The number of hydrogen-bond donors (Lipinski definition) is 2. The lowest BCUT2D eigenvalue weighted by atomic mass is 9.81. The van der Waals surface area contributed by atoms with E-state index in [1.165, 1.54) is 18.2 Å². The molecule has 0 heterocycles. The second kappa shape index (κ2) is 6.22. The van der Waals surface area contributed by atoms with Gasteiger partial charge in [0.05, 0.1) is 10.9 Å². The highest BCUT2D eigenvalue weighted by atomic mass is 35.5. The minimum absolute atomic E-state index is 0.0603. The van der Waals surface area contributed by atoms with Crippen molar-refractivity contribution in [2.45, 2.75) is 25.7 Å². The number of carboxylic acid groups (broad SMARTS) is 1. The molecule has 2 atom stereocenters. The summed E-state index contributed by atoms with van der Waals surface area (Å²) in [5.41, 5.74) is 0.416. The van der Waals surface area contributed by atoms with Gasteiger partial charge in [0.15, 0.2) is 0 Å². The van der Waals surface area contributed by atoms with Gasteiger partial charge >= 0.3 is 5.97 Å². The van der Waals surface area contributed by atoms with E-state index in [9.17, 15) is 14.0 Å². The minimum atomic E-state index is -0.854. The molecule has 20 heavy (non-hydrogen) atoms. The van der Waals surface area contributed by atoms with E-state index in [0.29, 0.717) is 24.9 Å². The Hall–Kier alpha value is -1.62. The van der Waals surface area contributed by atoms with E-state index in [1.807, 2.05) is 0 Å². The summed E-state index contributed by atoms with van der Waals surface area (Å²) < 4.78 is 13.0. The van der Waals surface area contributed by atoms with E-state index >= 15 is 0 Å². The summed E-state index contributed by atoms with van der Waals surface area (Å²) in [7, 11) is 0. The van der Waals surface area contributed by atoms with E-state index in [1.54, 1.807) is 0 Å². The van der Waals surface area contributed by atoms with Crippen LogP contribution < -0.4 is 5.32 Å². The first-order chi connectivity index (χ1) is 9.47. The number of carboxylic acids is 1. The summed E-state index contributed by atoms with van der Waals surface area (Å²) in [5.74, 6) is -2.43. The standard InChI is InChI=1S/C14H15ClFNO3/c15-11-7-10(4-5-12(11)16)17-13(18)8-2-1-3-9(6-8)14(19)20/h4-5,7-9H,1-3,6H2,(H,17,18)(H,19,20). The molecule has 0 spiro atoms. The molecule has 2 rings (SSSR count). The van der Waals surface area contributed by atoms with Crippen molar-refractivity contribution in [2.24, 2.45) is 11.8 Å². The predicted molar refractivity (Wildman–Crippen MR) is 73.1 cm³/mol. The number of halogens is 2. The van der Waals surface area contributed by atoms with Gasteiger partial charge in [-0.1, -0.05) is 18.0 Å². The summed E-state index contributed by atoms with van der Waals surface area (Å²) in [6, 6.07) is 3.95. The Kier molecular flexibility index (Phi) is 4.60. The normalized spacial score (nSPS) is 22.3. The van der Waals surface area contributed by atoms with Crippen molar-refractivity contribution < 1.29 is 19.1 Å². The van der Waals surface area contributed by atoms with Crippen LogP contribution in [0, 0.1) is 17.7 Å². The third-order valence-electron chi connectivity index (χ3n) is 3.58. The maximum atomic E-state index is 13.0. The van der Waals surface area contributed by atoms with Crippen LogP contribution in [0.15, 0.2) is 18.2 Å². The number of carbonyl (C=O) groups is 2. The summed E-state index contributed by atoms with van der Waals surface area (Å²) >= 11 is 5.64. The third kappa shape index (κ3) is 3.48. The van der Waals surface area contributed by atoms with Crippen molar-refractivity contribution in [2.75, 3.05) is 5.32 Å². The number of benzene rings is 1. The molecule has 6 heteroatoms. The summed E-state index contributed by atoms with van der Waals surface area (Å²) in [5, 5.41) is 11.6. The van der Waals surface area contributed by atoms with Crippen LogP contribution in [0.1, 0.15) is 25.7 Å². The van der Waals surface area contributed by atoms with Crippen LogP contribution in [0.5, 0.6) is 0 Å². The van der Waals surface area contributed by atoms with Crippen LogP contribution in [0.4, 0.5) is 10.1 Å².